The number of anilines is 1. The predicted molar refractivity (Wildman–Crippen MR) is 94.3 cm³/mol. The summed E-state index contributed by atoms with van der Waals surface area (Å²) in [5.41, 5.74) is 2.50. The summed E-state index contributed by atoms with van der Waals surface area (Å²) < 4.78 is 28.1. The minimum atomic E-state index is -3.64. The highest BCUT2D eigenvalue weighted by atomic mass is 32.2. The third kappa shape index (κ3) is 3.43. The molecule has 1 N–H and O–H groups in total. The summed E-state index contributed by atoms with van der Waals surface area (Å²) in [7, 11) is -3.64. The van der Waals surface area contributed by atoms with Crippen LogP contribution in [0.4, 0.5) is 5.82 Å². The standard InChI is InChI=1S/C17H16N2O2S2/c1-12-11-15(14-8-4-3-5-9-14)22-17(12)23(20,21)19-16-10-6-7-13(2)18-16/h3-11H,1-2H3,(H,18,19). The maximum absolute atomic E-state index is 12.6. The van der Waals surface area contributed by atoms with Crippen molar-refractivity contribution in [1.29, 1.82) is 0 Å². The number of sulfonamides is 1. The molecule has 0 amide bonds. The number of pyridine rings is 1. The fourth-order valence-corrected chi connectivity index (χ4v) is 4.97. The van der Waals surface area contributed by atoms with Crippen LogP contribution in [-0.4, -0.2) is 13.4 Å². The smallest absolute Gasteiger partial charge is 0.263 e. The zero-order chi connectivity index (χ0) is 16.4. The Labute approximate surface area is 139 Å². The summed E-state index contributed by atoms with van der Waals surface area (Å²) in [4.78, 5) is 5.12. The molecule has 3 rings (SSSR count). The van der Waals surface area contributed by atoms with Crippen molar-refractivity contribution in [2.24, 2.45) is 0 Å². The van der Waals surface area contributed by atoms with Gasteiger partial charge in [0.05, 0.1) is 0 Å². The van der Waals surface area contributed by atoms with E-state index in [1.807, 2.05) is 49.4 Å². The molecule has 0 aliphatic heterocycles. The van der Waals surface area contributed by atoms with Gasteiger partial charge in [-0.15, -0.1) is 11.3 Å². The highest BCUT2D eigenvalue weighted by molar-refractivity contribution is 7.94. The molecule has 0 aliphatic rings. The van der Waals surface area contributed by atoms with E-state index < -0.39 is 10.0 Å². The van der Waals surface area contributed by atoms with Gasteiger partial charge in [0.1, 0.15) is 10.0 Å². The van der Waals surface area contributed by atoms with Crippen molar-refractivity contribution in [2.45, 2.75) is 18.1 Å². The number of benzene rings is 1. The zero-order valence-corrected chi connectivity index (χ0v) is 14.4. The molecule has 6 heteroatoms. The lowest BCUT2D eigenvalue weighted by atomic mass is 10.2. The van der Waals surface area contributed by atoms with Crippen molar-refractivity contribution in [2.75, 3.05) is 4.72 Å². The van der Waals surface area contributed by atoms with Gasteiger partial charge in [0.2, 0.25) is 0 Å². The number of aryl methyl sites for hydroxylation is 2. The van der Waals surface area contributed by atoms with E-state index in [9.17, 15) is 8.42 Å². The van der Waals surface area contributed by atoms with Gasteiger partial charge in [0.15, 0.2) is 0 Å². The molecule has 4 nitrogen and oxygen atoms in total. The van der Waals surface area contributed by atoms with E-state index in [1.165, 1.54) is 11.3 Å². The van der Waals surface area contributed by atoms with Crippen LogP contribution in [0.3, 0.4) is 0 Å². The summed E-state index contributed by atoms with van der Waals surface area (Å²) in [5.74, 6) is 0.332. The van der Waals surface area contributed by atoms with Crippen molar-refractivity contribution < 1.29 is 8.42 Å². The highest BCUT2D eigenvalue weighted by Gasteiger charge is 2.21. The van der Waals surface area contributed by atoms with Crippen LogP contribution in [0.1, 0.15) is 11.3 Å². The molecular weight excluding hydrogens is 328 g/mol. The second-order valence-corrected chi connectivity index (χ2v) is 8.15. The molecule has 2 aromatic heterocycles. The first-order valence-corrected chi connectivity index (χ1v) is 9.38. The van der Waals surface area contributed by atoms with Crippen LogP contribution in [0.15, 0.2) is 58.8 Å². The molecule has 0 bridgehead atoms. The van der Waals surface area contributed by atoms with E-state index in [0.717, 1.165) is 21.7 Å². The number of hydrogen-bond acceptors (Lipinski definition) is 4. The van der Waals surface area contributed by atoms with Crippen LogP contribution in [0, 0.1) is 13.8 Å². The van der Waals surface area contributed by atoms with Gasteiger partial charge >= 0.3 is 0 Å². The minimum Gasteiger partial charge on any atom is -0.263 e. The van der Waals surface area contributed by atoms with Gasteiger partial charge in [0, 0.05) is 10.6 Å². The molecule has 23 heavy (non-hydrogen) atoms. The van der Waals surface area contributed by atoms with Gasteiger partial charge < -0.3 is 0 Å². The lowest BCUT2D eigenvalue weighted by molar-refractivity contribution is 0.602. The van der Waals surface area contributed by atoms with E-state index in [2.05, 4.69) is 9.71 Å². The Kier molecular flexibility index (Phi) is 4.19. The summed E-state index contributed by atoms with van der Waals surface area (Å²) in [6, 6.07) is 16.9. The molecule has 0 fully saturated rings. The Balaban J connectivity index is 1.96. The molecule has 3 aromatic rings. The number of hydrogen-bond donors (Lipinski definition) is 1. The number of aromatic nitrogens is 1. The van der Waals surface area contributed by atoms with Crippen LogP contribution < -0.4 is 4.72 Å². The van der Waals surface area contributed by atoms with Crippen LogP contribution >= 0.6 is 11.3 Å². The largest absolute Gasteiger partial charge is 0.272 e. The summed E-state index contributed by atoms with van der Waals surface area (Å²) in [5, 5.41) is 0. The van der Waals surface area contributed by atoms with Gasteiger partial charge in [-0.1, -0.05) is 36.4 Å². The average molecular weight is 344 g/mol. The maximum Gasteiger partial charge on any atom is 0.272 e. The van der Waals surface area contributed by atoms with Gasteiger partial charge in [-0.25, -0.2) is 13.4 Å². The summed E-state index contributed by atoms with van der Waals surface area (Å²) in [6.45, 7) is 3.63. The number of rotatable bonds is 4. The predicted octanol–water partition coefficient (Wildman–Crippen LogP) is 4.23. The summed E-state index contributed by atoms with van der Waals surface area (Å²) in [6.07, 6.45) is 0. The van der Waals surface area contributed by atoms with Crippen molar-refractivity contribution in [3.05, 3.63) is 65.9 Å². The van der Waals surface area contributed by atoms with E-state index in [0.29, 0.717) is 10.0 Å². The van der Waals surface area contributed by atoms with E-state index in [4.69, 9.17) is 0 Å². The Morgan fingerprint density at radius 2 is 1.74 bits per heavy atom. The SMILES string of the molecule is Cc1cccc(NS(=O)(=O)c2sc(-c3ccccc3)cc2C)n1. The first-order chi connectivity index (χ1) is 11.0. The molecule has 0 atom stereocenters. The monoisotopic (exact) mass is 344 g/mol. The molecule has 0 spiro atoms. The fourth-order valence-electron chi connectivity index (χ4n) is 2.26. The molecule has 118 valence electrons. The molecule has 0 aliphatic carbocycles. The Morgan fingerprint density at radius 3 is 2.43 bits per heavy atom. The lowest BCUT2D eigenvalue weighted by Crippen LogP contribution is -2.13. The molecule has 0 saturated heterocycles. The second-order valence-electron chi connectivity index (χ2n) is 5.22. The number of thiophene rings is 1. The third-order valence-corrected chi connectivity index (χ3v) is 6.58. The topological polar surface area (TPSA) is 59.1 Å². The van der Waals surface area contributed by atoms with Gasteiger partial charge in [0.25, 0.3) is 10.0 Å². The third-order valence-electron chi connectivity index (χ3n) is 3.30. The van der Waals surface area contributed by atoms with E-state index >= 15 is 0 Å². The average Bonchev–Trinajstić information content (AvgIpc) is 2.91. The molecule has 0 saturated carbocycles. The van der Waals surface area contributed by atoms with Crippen molar-refractivity contribution in [1.82, 2.24) is 4.98 Å². The van der Waals surface area contributed by atoms with Gasteiger partial charge in [-0.3, -0.25) is 4.72 Å². The van der Waals surface area contributed by atoms with Gasteiger partial charge in [-0.05, 0) is 43.2 Å². The summed E-state index contributed by atoms with van der Waals surface area (Å²) >= 11 is 1.26. The highest BCUT2D eigenvalue weighted by Crippen LogP contribution is 2.34. The number of nitrogens with zero attached hydrogens (tertiary/aromatic N) is 1. The van der Waals surface area contributed by atoms with Crippen LogP contribution in [-0.2, 0) is 10.0 Å². The normalized spacial score (nSPS) is 11.4. The Hall–Kier alpha value is -2.18. The van der Waals surface area contributed by atoms with E-state index in [1.54, 1.807) is 19.1 Å². The van der Waals surface area contributed by atoms with Crippen LogP contribution in [0.5, 0.6) is 0 Å². The van der Waals surface area contributed by atoms with Crippen molar-refractivity contribution >= 4 is 27.2 Å². The maximum atomic E-state index is 12.6. The molecule has 0 unspecified atom stereocenters. The van der Waals surface area contributed by atoms with Crippen molar-refractivity contribution in [3.63, 3.8) is 0 Å². The number of nitrogens with one attached hydrogen (secondary N) is 1. The quantitative estimate of drug-likeness (QED) is 0.770. The zero-order valence-electron chi connectivity index (χ0n) is 12.8. The first-order valence-electron chi connectivity index (χ1n) is 7.08. The van der Waals surface area contributed by atoms with Crippen LogP contribution in [0.2, 0.25) is 0 Å². The molecule has 1 aromatic carbocycles. The Morgan fingerprint density at radius 1 is 1.00 bits per heavy atom. The molecule has 0 radical (unpaired) electrons. The molecule has 2 heterocycles. The molecular formula is C17H16N2O2S2. The second kappa shape index (κ2) is 6.14. The lowest BCUT2D eigenvalue weighted by Gasteiger charge is -2.06. The first kappa shape index (κ1) is 15.7. The van der Waals surface area contributed by atoms with Gasteiger partial charge in [-0.2, -0.15) is 0 Å². The van der Waals surface area contributed by atoms with Crippen molar-refractivity contribution in [3.8, 4) is 10.4 Å². The fraction of sp³-hybridized carbons (Fsp3) is 0.118. The van der Waals surface area contributed by atoms with Crippen LogP contribution in [0.25, 0.3) is 10.4 Å². The van der Waals surface area contributed by atoms with E-state index in [-0.39, 0.29) is 0 Å². The Bertz CT molecular complexity index is 932. The minimum absolute atomic E-state index is 0.319.